The second-order valence-corrected chi connectivity index (χ2v) is 8.31. The summed E-state index contributed by atoms with van der Waals surface area (Å²) in [5, 5.41) is 9.27. The molecule has 2 heterocycles. The number of rotatable bonds is 5. The number of fused-ring (bicyclic) bond motifs is 3. The molecule has 0 amide bonds. The predicted molar refractivity (Wildman–Crippen MR) is 118 cm³/mol. The van der Waals surface area contributed by atoms with Crippen molar-refractivity contribution in [3.63, 3.8) is 0 Å². The van der Waals surface area contributed by atoms with Gasteiger partial charge in [0.15, 0.2) is 5.16 Å². The smallest absolute Gasteiger partial charge is 0.319 e. The summed E-state index contributed by atoms with van der Waals surface area (Å²) in [4.78, 5) is 25.6. The first-order valence-electron chi connectivity index (χ1n) is 9.72. The van der Waals surface area contributed by atoms with Crippen LogP contribution in [0.25, 0.3) is 22.4 Å². The highest BCUT2D eigenvalue weighted by atomic mass is 32.2. The monoisotopic (exact) mass is 422 g/mol. The van der Waals surface area contributed by atoms with Crippen molar-refractivity contribution in [2.24, 2.45) is 0 Å². The lowest BCUT2D eigenvalue weighted by molar-refractivity contribution is -0.142. The zero-order chi connectivity index (χ0) is 21.4. The SMILES string of the molecule is CCOC(=O)C(C)Sc1nnc2n(-c3cccc(C)c3C)c(=O)c3ccccc3n12. The maximum atomic E-state index is 13.4. The molecule has 0 spiro atoms. The first kappa shape index (κ1) is 20.2. The third-order valence-electron chi connectivity index (χ3n) is 5.11. The Bertz CT molecular complexity index is 1330. The Morgan fingerprint density at radius 2 is 1.90 bits per heavy atom. The van der Waals surface area contributed by atoms with Crippen LogP contribution in [0.3, 0.4) is 0 Å². The largest absolute Gasteiger partial charge is 0.465 e. The van der Waals surface area contributed by atoms with Gasteiger partial charge in [0.2, 0.25) is 5.78 Å². The van der Waals surface area contributed by atoms with Gasteiger partial charge in [-0.1, -0.05) is 36.0 Å². The van der Waals surface area contributed by atoms with E-state index in [2.05, 4.69) is 10.2 Å². The molecule has 0 aliphatic carbocycles. The second-order valence-electron chi connectivity index (χ2n) is 7.01. The van der Waals surface area contributed by atoms with Gasteiger partial charge in [-0.2, -0.15) is 0 Å². The highest BCUT2D eigenvalue weighted by Crippen LogP contribution is 2.27. The van der Waals surface area contributed by atoms with Gasteiger partial charge in [-0.15, -0.1) is 10.2 Å². The molecule has 0 aliphatic rings. The Kier molecular flexibility index (Phi) is 5.34. The van der Waals surface area contributed by atoms with Gasteiger partial charge >= 0.3 is 5.97 Å². The van der Waals surface area contributed by atoms with Gasteiger partial charge in [-0.3, -0.25) is 14.0 Å². The summed E-state index contributed by atoms with van der Waals surface area (Å²) < 4.78 is 8.55. The molecule has 154 valence electrons. The van der Waals surface area contributed by atoms with Crippen molar-refractivity contribution in [2.45, 2.75) is 38.1 Å². The number of carbonyl (C=O) groups excluding carboxylic acids is 1. The average molecular weight is 423 g/mol. The summed E-state index contributed by atoms with van der Waals surface area (Å²) in [6.07, 6.45) is 0. The molecule has 0 saturated heterocycles. The number of ether oxygens (including phenoxy) is 1. The van der Waals surface area contributed by atoms with Gasteiger partial charge in [-0.05, 0) is 57.0 Å². The number of aryl methyl sites for hydroxylation is 1. The highest BCUT2D eigenvalue weighted by molar-refractivity contribution is 8.00. The number of thioether (sulfide) groups is 1. The molecule has 0 aliphatic heterocycles. The normalized spacial score (nSPS) is 12.4. The minimum atomic E-state index is -0.461. The van der Waals surface area contributed by atoms with Crippen LogP contribution in [0.5, 0.6) is 0 Å². The fraction of sp³-hybridized carbons (Fsp3) is 0.273. The predicted octanol–water partition coefficient (Wildman–Crippen LogP) is 3.69. The van der Waals surface area contributed by atoms with Crippen LogP contribution in [-0.2, 0) is 9.53 Å². The Morgan fingerprint density at radius 1 is 1.13 bits per heavy atom. The lowest BCUT2D eigenvalue weighted by Gasteiger charge is -2.15. The summed E-state index contributed by atoms with van der Waals surface area (Å²) in [6.45, 7) is 7.86. The summed E-state index contributed by atoms with van der Waals surface area (Å²) in [5.41, 5.74) is 3.37. The van der Waals surface area contributed by atoms with E-state index in [9.17, 15) is 9.59 Å². The van der Waals surface area contributed by atoms with Gasteiger partial charge in [0.1, 0.15) is 5.25 Å². The van der Waals surface area contributed by atoms with E-state index in [0.29, 0.717) is 28.4 Å². The van der Waals surface area contributed by atoms with Crippen molar-refractivity contribution in [3.05, 3.63) is 63.9 Å². The minimum Gasteiger partial charge on any atom is -0.465 e. The molecule has 30 heavy (non-hydrogen) atoms. The standard InChI is InChI=1S/C22H22N4O3S/c1-5-29-20(28)15(4)30-22-24-23-21-25(17-12-8-9-13(2)14(17)3)19(27)16-10-6-7-11-18(16)26(21)22/h6-12,15H,5H2,1-4H3. The molecule has 8 heteroatoms. The maximum absolute atomic E-state index is 13.4. The third-order valence-corrected chi connectivity index (χ3v) is 6.13. The number of hydrogen-bond acceptors (Lipinski definition) is 6. The quantitative estimate of drug-likeness (QED) is 0.361. The molecular weight excluding hydrogens is 400 g/mol. The number of hydrogen-bond donors (Lipinski definition) is 0. The van der Waals surface area contributed by atoms with Gasteiger partial charge < -0.3 is 4.74 Å². The topological polar surface area (TPSA) is 78.5 Å². The van der Waals surface area contributed by atoms with Crippen LogP contribution < -0.4 is 5.56 Å². The van der Waals surface area contributed by atoms with Crippen molar-refractivity contribution >= 4 is 34.4 Å². The van der Waals surface area contributed by atoms with Crippen molar-refractivity contribution in [1.82, 2.24) is 19.2 Å². The maximum Gasteiger partial charge on any atom is 0.319 e. The van der Waals surface area contributed by atoms with Crippen LogP contribution in [0.1, 0.15) is 25.0 Å². The number of nitrogens with zero attached hydrogens (tertiary/aromatic N) is 4. The van der Waals surface area contributed by atoms with Crippen molar-refractivity contribution in [3.8, 4) is 5.69 Å². The molecule has 0 bridgehead atoms. The molecular formula is C22H22N4O3S. The Hall–Kier alpha value is -3.13. The number of benzene rings is 2. The third kappa shape index (κ3) is 3.27. The molecule has 0 N–H and O–H groups in total. The summed E-state index contributed by atoms with van der Waals surface area (Å²) in [6, 6.07) is 13.2. The average Bonchev–Trinajstić information content (AvgIpc) is 3.14. The van der Waals surface area contributed by atoms with Gasteiger partial charge in [0, 0.05) is 0 Å². The second kappa shape index (κ2) is 7.95. The Balaban J connectivity index is 2.01. The van der Waals surface area contributed by atoms with Crippen LogP contribution in [0.2, 0.25) is 0 Å². The molecule has 1 atom stereocenters. The first-order chi connectivity index (χ1) is 14.4. The van der Waals surface area contributed by atoms with Crippen molar-refractivity contribution < 1.29 is 9.53 Å². The van der Waals surface area contributed by atoms with E-state index < -0.39 is 5.25 Å². The molecule has 7 nitrogen and oxygen atoms in total. The van der Waals surface area contributed by atoms with E-state index in [1.165, 1.54) is 11.8 Å². The van der Waals surface area contributed by atoms with Gasteiger partial charge in [0.25, 0.3) is 5.56 Å². The van der Waals surface area contributed by atoms with E-state index in [4.69, 9.17) is 4.74 Å². The number of esters is 1. The lowest BCUT2D eigenvalue weighted by atomic mass is 10.1. The highest BCUT2D eigenvalue weighted by Gasteiger charge is 2.23. The van der Waals surface area contributed by atoms with Gasteiger partial charge in [0.05, 0.1) is 23.2 Å². The molecule has 2 aromatic heterocycles. The van der Waals surface area contributed by atoms with Gasteiger partial charge in [-0.25, -0.2) is 4.57 Å². The molecule has 1 unspecified atom stereocenters. The number of para-hydroxylation sites is 1. The Morgan fingerprint density at radius 3 is 2.67 bits per heavy atom. The molecule has 4 aromatic rings. The van der Waals surface area contributed by atoms with Crippen LogP contribution in [0.15, 0.2) is 52.4 Å². The zero-order valence-electron chi connectivity index (χ0n) is 17.2. The van der Waals surface area contributed by atoms with Crippen LogP contribution >= 0.6 is 11.8 Å². The number of aromatic nitrogens is 4. The summed E-state index contributed by atoms with van der Waals surface area (Å²) in [7, 11) is 0. The first-order valence-corrected chi connectivity index (χ1v) is 10.6. The summed E-state index contributed by atoms with van der Waals surface area (Å²) in [5.74, 6) is 0.0948. The fourth-order valence-corrected chi connectivity index (χ4v) is 4.27. The van der Waals surface area contributed by atoms with E-state index in [1.54, 1.807) is 24.5 Å². The molecule has 2 aromatic carbocycles. The van der Waals surface area contributed by atoms with E-state index >= 15 is 0 Å². The molecule has 0 radical (unpaired) electrons. The number of carbonyl (C=O) groups is 1. The van der Waals surface area contributed by atoms with Crippen LogP contribution in [0.4, 0.5) is 0 Å². The lowest BCUT2D eigenvalue weighted by Crippen LogP contribution is -2.23. The van der Waals surface area contributed by atoms with Crippen molar-refractivity contribution in [1.29, 1.82) is 0 Å². The minimum absolute atomic E-state index is 0.158. The molecule has 0 saturated carbocycles. The van der Waals surface area contributed by atoms with E-state index in [1.807, 2.05) is 54.6 Å². The molecule has 0 fully saturated rings. The van der Waals surface area contributed by atoms with E-state index in [-0.39, 0.29) is 11.5 Å². The summed E-state index contributed by atoms with van der Waals surface area (Å²) >= 11 is 1.26. The molecule has 4 rings (SSSR count). The Labute approximate surface area is 177 Å². The fourth-order valence-electron chi connectivity index (χ4n) is 3.42. The van der Waals surface area contributed by atoms with Crippen LogP contribution in [0, 0.1) is 13.8 Å². The van der Waals surface area contributed by atoms with E-state index in [0.717, 1.165) is 16.8 Å². The van der Waals surface area contributed by atoms with Crippen molar-refractivity contribution in [2.75, 3.05) is 6.61 Å². The zero-order valence-corrected chi connectivity index (χ0v) is 18.1. The van der Waals surface area contributed by atoms with Crippen LogP contribution in [-0.4, -0.2) is 37.0 Å².